The van der Waals surface area contributed by atoms with Crippen molar-refractivity contribution in [3.8, 4) is 0 Å². The largest absolute Gasteiger partial charge is 0.466 e. The first-order valence-corrected chi connectivity index (χ1v) is 11.7. The average molecular weight is 454 g/mol. The van der Waals surface area contributed by atoms with Crippen molar-refractivity contribution in [1.29, 1.82) is 0 Å². The summed E-state index contributed by atoms with van der Waals surface area (Å²) >= 11 is 0. The number of hydrogen-bond donors (Lipinski definition) is 2. The lowest BCUT2D eigenvalue weighted by molar-refractivity contribution is -0.160. The van der Waals surface area contributed by atoms with Gasteiger partial charge >= 0.3 is 5.97 Å². The van der Waals surface area contributed by atoms with Gasteiger partial charge in [-0.1, -0.05) is 0 Å². The summed E-state index contributed by atoms with van der Waals surface area (Å²) in [4.78, 5) is 43.6. The standard InChI is InChI=1S/C22H35N3O7/c1-4-31-20(29)16-15-19(28)25(14(2)13-26)17(22(15)6-5-21(16,3)32-22)18(27)23-7-8-24-9-11-30-12-10-24/h14-17,26H,4-13H2,1-3H3,(H,23,27)/t14-,15+,16-,17?,21+,22?/m1/s1. The van der Waals surface area contributed by atoms with Crippen molar-refractivity contribution in [3.05, 3.63) is 0 Å². The highest BCUT2D eigenvalue weighted by Gasteiger charge is 2.78. The number of aliphatic hydroxyl groups is 1. The Hall–Kier alpha value is -1.75. The highest BCUT2D eigenvalue weighted by atomic mass is 16.6. The summed E-state index contributed by atoms with van der Waals surface area (Å²) in [6.07, 6.45) is 1.07. The highest BCUT2D eigenvalue weighted by molar-refractivity contribution is 5.98. The summed E-state index contributed by atoms with van der Waals surface area (Å²) in [6, 6.07) is -1.47. The Bertz CT molecular complexity index is 758. The molecule has 0 radical (unpaired) electrons. The van der Waals surface area contributed by atoms with Crippen LogP contribution >= 0.6 is 0 Å². The number of carbonyl (C=O) groups excluding carboxylic acids is 3. The Morgan fingerprint density at radius 1 is 1.31 bits per heavy atom. The van der Waals surface area contributed by atoms with Crippen LogP contribution in [0.1, 0.15) is 33.6 Å². The van der Waals surface area contributed by atoms with Crippen LogP contribution in [0.25, 0.3) is 0 Å². The van der Waals surface area contributed by atoms with E-state index in [1.54, 1.807) is 13.8 Å². The maximum absolute atomic E-state index is 13.6. The predicted molar refractivity (Wildman–Crippen MR) is 113 cm³/mol. The minimum absolute atomic E-state index is 0.210. The number of nitrogens with one attached hydrogen (secondary N) is 1. The van der Waals surface area contributed by atoms with Crippen LogP contribution in [0.5, 0.6) is 0 Å². The topological polar surface area (TPSA) is 118 Å². The fourth-order valence-corrected chi connectivity index (χ4v) is 6.07. The Labute approximate surface area is 188 Å². The van der Waals surface area contributed by atoms with Crippen molar-refractivity contribution in [1.82, 2.24) is 15.1 Å². The monoisotopic (exact) mass is 453 g/mol. The van der Waals surface area contributed by atoms with Gasteiger partial charge in [0.2, 0.25) is 11.8 Å². The number of ether oxygens (including phenoxy) is 3. The van der Waals surface area contributed by atoms with Gasteiger partial charge in [0.25, 0.3) is 0 Å². The van der Waals surface area contributed by atoms with E-state index < -0.39 is 41.1 Å². The molecule has 4 fully saturated rings. The van der Waals surface area contributed by atoms with Crippen molar-refractivity contribution in [3.63, 3.8) is 0 Å². The van der Waals surface area contributed by atoms with E-state index in [9.17, 15) is 19.5 Å². The van der Waals surface area contributed by atoms with E-state index in [0.29, 0.717) is 39.1 Å². The van der Waals surface area contributed by atoms with E-state index in [0.717, 1.165) is 13.1 Å². The van der Waals surface area contributed by atoms with Gasteiger partial charge < -0.3 is 29.5 Å². The molecule has 4 rings (SSSR count). The van der Waals surface area contributed by atoms with E-state index >= 15 is 0 Å². The highest BCUT2D eigenvalue weighted by Crippen LogP contribution is 2.63. The van der Waals surface area contributed by atoms with Crippen LogP contribution in [0.4, 0.5) is 0 Å². The molecule has 2 amide bonds. The Morgan fingerprint density at radius 3 is 2.69 bits per heavy atom. The molecule has 2 bridgehead atoms. The fraction of sp³-hybridized carbons (Fsp3) is 0.864. The van der Waals surface area contributed by atoms with Crippen LogP contribution in [0, 0.1) is 11.8 Å². The van der Waals surface area contributed by atoms with Crippen LogP contribution in [-0.2, 0) is 28.6 Å². The van der Waals surface area contributed by atoms with Gasteiger partial charge in [-0.3, -0.25) is 19.3 Å². The maximum atomic E-state index is 13.6. The lowest BCUT2D eigenvalue weighted by Gasteiger charge is -2.36. The number of rotatable bonds is 8. The smallest absolute Gasteiger partial charge is 0.312 e. The Morgan fingerprint density at radius 2 is 2.03 bits per heavy atom. The second-order valence-corrected chi connectivity index (χ2v) is 9.50. The van der Waals surface area contributed by atoms with Crippen molar-refractivity contribution < 1.29 is 33.7 Å². The van der Waals surface area contributed by atoms with E-state index in [2.05, 4.69) is 10.2 Å². The van der Waals surface area contributed by atoms with Crippen LogP contribution in [0.15, 0.2) is 0 Å². The molecule has 4 saturated heterocycles. The van der Waals surface area contributed by atoms with E-state index in [1.807, 2.05) is 6.92 Å². The molecule has 1 spiro atoms. The van der Waals surface area contributed by atoms with Crippen molar-refractivity contribution in [2.24, 2.45) is 11.8 Å². The second-order valence-electron chi connectivity index (χ2n) is 9.50. The number of likely N-dealkylation sites (tertiary alicyclic amines) is 1. The van der Waals surface area contributed by atoms with Gasteiger partial charge in [-0.05, 0) is 33.6 Å². The van der Waals surface area contributed by atoms with Crippen molar-refractivity contribution >= 4 is 17.8 Å². The molecule has 4 aliphatic rings. The van der Waals surface area contributed by atoms with Gasteiger partial charge in [0.05, 0.1) is 44.0 Å². The molecule has 2 N–H and O–H groups in total. The zero-order chi connectivity index (χ0) is 23.1. The predicted octanol–water partition coefficient (Wildman–Crippen LogP) is -0.857. The average Bonchev–Trinajstić information content (AvgIpc) is 3.35. The van der Waals surface area contributed by atoms with Crippen LogP contribution < -0.4 is 5.32 Å². The first-order valence-electron chi connectivity index (χ1n) is 11.7. The molecule has 4 aliphatic heterocycles. The van der Waals surface area contributed by atoms with Crippen molar-refractivity contribution in [2.75, 3.05) is 52.6 Å². The van der Waals surface area contributed by atoms with Gasteiger partial charge in [0, 0.05) is 26.2 Å². The van der Waals surface area contributed by atoms with Crippen LogP contribution in [0.2, 0.25) is 0 Å². The van der Waals surface area contributed by atoms with E-state index in [-0.39, 0.29) is 25.0 Å². The van der Waals surface area contributed by atoms with Gasteiger partial charge in [-0.25, -0.2) is 0 Å². The number of aliphatic hydroxyl groups excluding tert-OH is 1. The normalized spacial score (nSPS) is 37.4. The summed E-state index contributed by atoms with van der Waals surface area (Å²) < 4.78 is 17.1. The number of nitrogens with zero attached hydrogens (tertiary/aromatic N) is 2. The van der Waals surface area contributed by atoms with E-state index in [4.69, 9.17) is 14.2 Å². The molecule has 0 aromatic rings. The summed E-state index contributed by atoms with van der Waals surface area (Å²) in [6.45, 7) is 9.31. The second kappa shape index (κ2) is 8.89. The minimum Gasteiger partial charge on any atom is -0.466 e. The molecule has 0 saturated carbocycles. The van der Waals surface area contributed by atoms with Crippen LogP contribution in [0.3, 0.4) is 0 Å². The Balaban J connectivity index is 1.58. The van der Waals surface area contributed by atoms with Gasteiger partial charge in [-0.2, -0.15) is 0 Å². The Kier molecular flexibility index (Phi) is 6.50. The molecular weight excluding hydrogens is 418 g/mol. The number of esters is 1. The fourth-order valence-electron chi connectivity index (χ4n) is 6.07. The maximum Gasteiger partial charge on any atom is 0.312 e. The SMILES string of the molecule is CCOC(=O)[C@H]1[C@H]2C(=O)N([C@H](C)CO)C(C(=O)NCCN3CCOCC3)C23CC[C@]1(C)O3. The van der Waals surface area contributed by atoms with Gasteiger partial charge in [-0.15, -0.1) is 0 Å². The molecule has 0 aromatic heterocycles. The molecular formula is C22H35N3O7. The number of carbonyl (C=O) groups is 3. The molecule has 180 valence electrons. The molecule has 6 atom stereocenters. The summed E-state index contributed by atoms with van der Waals surface area (Å²) in [5.74, 6) is -2.63. The molecule has 0 aliphatic carbocycles. The summed E-state index contributed by atoms with van der Waals surface area (Å²) in [5, 5.41) is 12.8. The van der Waals surface area contributed by atoms with Crippen LogP contribution in [-0.4, -0.2) is 109 Å². The quantitative estimate of drug-likeness (QED) is 0.456. The molecule has 10 nitrogen and oxygen atoms in total. The number of hydrogen-bond acceptors (Lipinski definition) is 8. The molecule has 32 heavy (non-hydrogen) atoms. The molecule has 4 heterocycles. The first kappa shape index (κ1) is 23.4. The number of amides is 2. The lowest BCUT2D eigenvalue weighted by Crippen LogP contribution is -2.58. The third-order valence-corrected chi connectivity index (χ3v) is 7.57. The summed E-state index contributed by atoms with van der Waals surface area (Å²) in [7, 11) is 0. The van der Waals surface area contributed by atoms with Gasteiger partial charge in [0.15, 0.2) is 0 Å². The zero-order valence-corrected chi connectivity index (χ0v) is 19.2. The first-order chi connectivity index (χ1) is 15.3. The zero-order valence-electron chi connectivity index (χ0n) is 19.2. The molecule has 0 aromatic carbocycles. The third kappa shape index (κ3) is 3.61. The lowest BCUT2D eigenvalue weighted by atomic mass is 9.66. The van der Waals surface area contributed by atoms with E-state index in [1.165, 1.54) is 4.90 Å². The van der Waals surface area contributed by atoms with Gasteiger partial charge in [0.1, 0.15) is 17.6 Å². The number of morpholine rings is 1. The van der Waals surface area contributed by atoms with Crippen molar-refractivity contribution in [2.45, 2.75) is 56.9 Å². The minimum atomic E-state index is -1.09. The number of fused-ring (bicyclic) bond motifs is 1. The molecule has 2 unspecified atom stereocenters. The molecule has 10 heteroatoms. The summed E-state index contributed by atoms with van der Waals surface area (Å²) in [5.41, 5.74) is -1.93. The third-order valence-electron chi connectivity index (χ3n) is 7.57.